The standard InChI is InChI=1S/C6H3N3S/c7-3-5-4-1-2-10-6(4)9-8-5/h1-2H,(H,8,9). The van der Waals surface area contributed by atoms with E-state index in [0.29, 0.717) is 5.69 Å². The van der Waals surface area contributed by atoms with Crippen molar-refractivity contribution in [3.05, 3.63) is 17.1 Å². The number of rotatable bonds is 0. The lowest BCUT2D eigenvalue weighted by atomic mass is 10.3. The van der Waals surface area contributed by atoms with Crippen molar-refractivity contribution in [3.8, 4) is 6.07 Å². The van der Waals surface area contributed by atoms with E-state index in [4.69, 9.17) is 5.26 Å². The van der Waals surface area contributed by atoms with Gasteiger partial charge < -0.3 is 0 Å². The minimum atomic E-state index is 0.483. The van der Waals surface area contributed by atoms with Crippen molar-refractivity contribution in [1.29, 1.82) is 5.26 Å². The Labute approximate surface area is 60.9 Å². The van der Waals surface area contributed by atoms with E-state index >= 15 is 0 Å². The highest BCUT2D eigenvalue weighted by Crippen LogP contribution is 2.19. The van der Waals surface area contributed by atoms with Crippen molar-refractivity contribution in [1.82, 2.24) is 10.2 Å². The van der Waals surface area contributed by atoms with Gasteiger partial charge in [0, 0.05) is 5.39 Å². The Hall–Kier alpha value is -1.34. The fourth-order valence-electron chi connectivity index (χ4n) is 0.834. The molecule has 0 spiro atoms. The van der Waals surface area contributed by atoms with Gasteiger partial charge >= 0.3 is 0 Å². The van der Waals surface area contributed by atoms with E-state index in [2.05, 4.69) is 10.2 Å². The van der Waals surface area contributed by atoms with E-state index < -0.39 is 0 Å². The molecule has 4 heteroatoms. The van der Waals surface area contributed by atoms with Crippen LogP contribution in [0.2, 0.25) is 0 Å². The number of nitriles is 1. The molecule has 0 aliphatic carbocycles. The van der Waals surface area contributed by atoms with Gasteiger partial charge in [-0.2, -0.15) is 10.4 Å². The average molecular weight is 149 g/mol. The normalized spacial score (nSPS) is 9.90. The zero-order valence-corrected chi connectivity index (χ0v) is 5.77. The number of nitrogens with one attached hydrogen (secondary N) is 1. The van der Waals surface area contributed by atoms with Crippen molar-refractivity contribution in [2.45, 2.75) is 0 Å². The van der Waals surface area contributed by atoms with Crippen LogP contribution in [0.1, 0.15) is 5.69 Å². The summed E-state index contributed by atoms with van der Waals surface area (Å²) in [6.07, 6.45) is 0. The van der Waals surface area contributed by atoms with E-state index in [9.17, 15) is 0 Å². The van der Waals surface area contributed by atoms with E-state index in [1.807, 2.05) is 17.5 Å². The Morgan fingerprint density at radius 2 is 2.60 bits per heavy atom. The molecule has 0 bridgehead atoms. The lowest BCUT2D eigenvalue weighted by Crippen LogP contribution is -1.70. The minimum Gasteiger partial charge on any atom is -0.267 e. The molecule has 0 radical (unpaired) electrons. The molecule has 2 aromatic rings. The summed E-state index contributed by atoms with van der Waals surface area (Å²) in [5, 5.41) is 17.9. The number of hydrogen-bond donors (Lipinski definition) is 1. The average Bonchev–Trinajstić information content (AvgIpc) is 2.44. The van der Waals surface area contributed by atoms with Gasteiger partial charge in [-0.05, 0) is 11.4 Å². The van der Waals surface area contributed by atoms with Crippen LogP contribution >= 0.6 is 11.3 Å². The third kappa shape index (κ3) is 0.552. The SMILES string of the molecule is N#Cc1n[nH]c2sccc12. The fraction of sp³-hybridized carbons (Fsp3) is 0. The highest BCUT2D eigenvalue weighted by Gasteiger charge is 2.03. The van der Waals surface area contributed by atoms with E-state index in [0.717, 1.165) is 10.2 Å². The van der Waals surface area contributed by atoms with Gasteiger partial charge in [0.1, 0.15) is 10.9 Å². The van der Waals surface area contributed by atoms with Crippen LogP contribution < -0.4 is 0 Å². The molecule has 48 valence electrons. The molecule has 0 unspecified atom stereocenters. The highest BCUT2D eigenvalue weighted by atomic mass is 32.1. The summed E-state index contributed by atoms with van der Waals surface area (Å²) in [5.74, 6) is 0. The predicted octanol–water partition coefficient (Wildman–Crippen LogP) is 1.50. The Bertz CT molecular complexity index is 392. The van der Waals surface area contributed by atoms with Crippen molar-refractivity contribution >= 4 is 21.6 Å². The second kappa shape index (κ2) is 1.82. The molecule has 0 aromatic carbocycles. The molecular weight excluding hydrogens is 146 g/mol. The highest BCUT2D eigenvalue weighted by molar-refractivity contribution is 7.16. The second-order valence-corrected chi connectivity index (χ2v) is 2.76. The fourth-order valence-corrected chi connectivity index (χ4v) is 1.56. The van der Waals surface area contributed by atoms with Crippen LogP contribution in [0, 0.1) is 11.3 Å². The lowest BCUT2D eigenvalue weighted by molar-refractivity contribution is 1.10. The lowest BCUT2D eigenvalue weighted by Gasteiger charge is -1.69. The molecule has 3 nitrogen and oxygen atoms in total. The molecule has 2 rings (SSSR count). The van der Waals surface area contributed by atoms with Gasteiger partial charge in [0.25, 0.3) is 0 Å². The Morgan fingerprint density at radius 1 is 1.70 bits per heavy atom. The first-order chi connectivity index (χ1) is 4.92. The molecule has 1 N–H and O–H groups in total. The third-order valence-corrected chi connectivity index (χ3v) is 2.11. The molecule has 0 aliphatic rings. The second-order valence-electron chi connectivity index (χ2n) is 1.85. The Morgan fingerprint density at radius 3 is 3.40 bits per heavy atom. The Balaban J connectivity index is 2.92. The summed E-state index contributed by atoms with van der Waals surface area (Å²) in [6, 6.07) is 3.89. The van der Waals surface area contributed by atoms with Crippen LogP contribution in [0.3, 0.4) is 0 Å². The summed E-state index contributed by atoms with van der Waals surface area (Å²) in [5.41, 5.74) is 0.483. The van der Waals surface area contributed by atoms with Crippen LogP contribution in [0.5, 0.6) is 0 Å². The Kier molecular flexibility index (Phi) is 0.992. The molecule has 0 aliphatic heterocycles. The third-order valence-electron chi connectivity index (χ3n) is 1.30. The molecule has 2 heterocycles. The molecular formula is C6H3N3S. The number of aromatic nitrogens is 2. The number of aromatic amines is 1. The topological polar surface area (TPSA) is 52.5 Å². The van der Waals surface area contributed by atoms with Crippen LogP contribution in [0.25, 0.3) is 10.2 Å². The van der Waals surface area contributed by atoms with Gasteiger partial charge in [-0.1, -0.05) is 0 Å². The molecule has 0 saturated heterocycles. The van der Waals surface area contributed by atoms with Crippen molar-refractivity contribution < 1.29 is 0 Å². The van der Waals surface area contributed by atoms with Crippen LogP contribution in [-0.4, -0.2) is 10.2 Å². The molecule has 0 atom stereocenters. The molecule has 0 saturated carbocycles. The molecule has 0 amide bonds. The smallest absolute Gasteiger partial charge is 0.170 e. The van der Waals surface area contributed by atoms with Gasteiger partial charge in [-0.15, -0.1) is 11.3 Å². The molecule has 2 aromatic heterocycles. The summed E-state index contributed by atoms with van der Waals surface area (Å²) >= 11 is 1.55. The van der Waals surface area contributed by atoms with Gasteiger partial charge in [-0.25, -0.2) is 0 Å². The van der Waals surface area contributed by atoms with Gasteiger partial charge in [-0.3, -0.25) is 5.10 Å². The summed E-state index contributed by atoms with van der Waals surface area (Å²) < 4.78 is 0. The quantitative estimate of drug-likeness (QED) is 0.617. The number of thiophene rings is 1. The zero-order chi connectivity index (χ0) is 6.97. The monoisotopic (exact) mass is 149 g/mol. The van der Waals surface area contributed by atoms with E-state index in [1.54, 1.807) is 11.3 Å². The number of fused-ring (bicyclic) bond motifs is 1. The van der Waals surface area contributed by atoms with Crippen LogP contribution in [0.15, 0.2) is 11.4 Å². The van der Waals surface area contributed by atoms with Crippen LogP contribution in [-0.2, 0) is 0 Å². The molecule has 0 fully saturated rings. The first kappa shape index (κ1) is 5.45. The van der Waals surface area contributed by atoms with Gasteiger partial charge in [0.2, 0.25) is 0 Å². The minimum absolute atomic E-state index is 0.483. The molecule has 10 heavy (non-hydrogen) atoms. The predicted molar refractivity (Wildman–Crippen MR) is 38.7 cm³/mol. The maximum Gasteiger partial charge on any atom is 0.170 e. The number of nitrogens with zero attached hydrogens (tertiary/aromatic N) is 2. The van der Waals surface area contributed by atoms with Crippen molar-refractivity contribution in [2.24, 2.45) is 0 Å². The maximum atomic E-state index is 8.52. The first-order valence-corrected chi connectivity index (χ1v) is 3.61. The van der Waals surface area contributed by atoms with E-state index in [-0.39, 0.29) is 0 Å². The van der Waals surface area contributed by atoms with E-state index in [1.165, 1.54) is 0 Å². The number of H-pyrrole nitrogens is 1. The summed E-state index contributed by atoms with van der Waals surface area (Å²) in [6.45, 7) is 0. The largest absolute Gasteiger partial charge is 0.267 e. The van der Waals surface area contributed by atoms with Gasteiger partial charge in [0.05, 0.1) is 0 Å². The zero-order valence-electron chi connectivity index (χ0n) is 4.96. The number of hydrogen-bond acceptors (Lipinski definition) is 3. The van der Waals surface area contributed by atoms with Crippen LogP contribution in [0.4, 0.5) is 0 Å². The van der Waals surface area contributed by atoms with Crippen molar-refractivity contribution in [2.75, 3.05) is 0 Å². The van der Waals surface area contributed by atoms with Crippen molar-refractivity contribution in [3.63, 3.8) is 0 Å². The van der Waals surface area contributed by atoms with Gasteiger partial charge in [0.15, 0.2) is 5.69 Å². The summed E-state index contributed by atoms with van der Waals surface area (Å²) in [4.78, 5) is 0.969. The maximum absolute atomic E-state index is 8.52. The summed E-state index contributed by atoms with van der Waals surface area (Å²) in [7, 11) is 0. The first-order valence-electron chi connectivity index (χ1n) is 2.73.